The molecule has 0 radical (unpaired) electrons. The minimum absolute atomic E-state index is 0.0938. The highest BCUT2D eigenvalue weighted by atomic mass is 32.1. The van der Waals surface area contributed by atoms with E-state index in [-0.39, 0.29) is 17.0 Å². The summed E-state index contributed by atoms with van der Waals surface area (Å²) in [6, 6.07) is 6.04. The van der Waals surface area contributed by atoms with Crippen LogP contribution in [-0.4, -0.2) is 11.5 Å². The van der Waals surface area contributed by atoms with E-state index in [9.17, 15) is 4.79 Å². The van der Waals surface area contributed by atoms with Crippen molar-refractivity contribution in [2.75, 3.05) is 5.75 Å². The van der Waals surface area contributed by atoms with Gasteiger partial charge in [0.05, 0.1) is 5.75 Å². The first kappa shape index (κ1) is 12.3. The van der Waals surface area contributed by atoms with E-state index in [0.717, 1.165) is 11.1 Å². The molecule has 0 heterocycles. The Kier molecular flexibility index (Phi) is 3.61. The summed E-state index contributed by atoms with van der Waals surface area (Å²) in [5, 5.41) is 0. The SMILES string of the molecule is Cc1cc(C(C)(C)C)ccc1C(=O)CS. The number of Topliss-reactive ketones (excluding diaryl/α,β-unsaturated/α-hetero) is 1. The van der Waals surface area contributed by atoms with Crippen molar-refractivity contribution >= 4 is 18.4 Å². The van der Waals surface area contributed by atoms with Crippen LogP contribution in [0.5, 0.6) is 0 Å². The van der Waals surface area contributed by atoms with E-state index in [0.29, 0.717) is 0 Å². The van der Waals surface area contributed by atoms with Gasteiger partial charge in [0.15, 0.2) is 5.78 Å². The van der Waals surface area contributed by atoms with Gasteiger partial charge in [0.2, 0.25) is 0 Å². The second kappa shape index (κ2) is 4.40. The fourth-order valence-electron chi connectivity index (χ4n) is 1.53. The molecule has 1 aromatic rings. The standard InChI is InChI=1S/C13H18OS/c1-9-7-10(13(2,3)4)5-6-11(9)12(14)8-15/h5-7,15H,8H2,1-4H3. The molecular formula is C13H18OS. The van der Waals surface area contributed by atoms with Gasteiger partial charge in [0.25, 0.3) is 0 Å². The molecule has 0 amide bonds. The van der Waals surface area contributed by atoms with E-state index in [1.807, 2.05) is 19.1 Å². The molecule has 15 heavy (non-hydrogen) atoms. The molecule has 0 fully saturated rings. The number of hydrogen-bond donors (Lipinski definition) is 1. The van der Waals surface area contributed by atoms with Gasteiger partial charge >= 0.3 is 0 Å². The molecule has 0 saturated carbocycles. The van der Waals surface area contributed by atoms with Crippen LogP contribution in [0.25, 0.3) is 0 Å². The minimum atomic E-state index is 0.0938. The maximum absolute atomic E-state index is 11.5. The monoisotopic (exact) mass is 222 g/mol. The second-order valence-electron chi connectivity index (χ2n) is 4.86. The van der Waals surface area contributed by atoms with Crippen LogP contribution in [0.1, 0.15) is 42.3 Å². The molecule has 0 spiro atoms. The molecule has 0 aliphatic carbocycles. The largest absolute Gasteiger partial charge is 0.293 e. The fourth-order valence-corrected chi connectivity index (χ4v) is 1.70. The first-order chi connectivity index (χ1) is 6.86. The number of aryl methyl sites for hydroxylation is 1. The van der Waals surface area contributed by atoms with E-state index in [1.165, 1.54) is 5.56 Å². The van der Waals surface area contributed by atoms with Crippen molar-refractivity contribution in [2.24, 2.45) is 0 Å². The molecule has 0 aliphatic heterocycles. The lowest BCUT2D eigenvalue weighted by molar-refractivity contribution is 0.102. The van der Waals surface area contributed by atoms with Gasteiger partial charge in [-0.15, -0.1) is 0 Å². The van der Waals surface area contributed by atoms with Gasteiger partial charge in [-0.05, 0) is 23.5 Å². The summed E-state index contributed by atoms with van der Waals surface area (Å²) in [5.41, 5.74) is 3.23. The van der Waals surface area contributed by atoms with Crippen LogP contribution < -0.4 is 0 Å². The molecule has 2 heteroatoms. The average molecular weight is 222 g/mol. The van der Waals surface area contributed by atoms with Crippen LogP contribution in [0.3, 0.4) is 0 Å². The number of benzene rings is 1. The van der Waals surface area contributed by atoms with Crippen LogP contribution >= 0.6 is 12.6 Å². The molecule has 1 rings (SSSR count). The average Bonchev–Trinajstić information content (AvgIpc) is 2.15. The highest BCUT2D eigenvalue weighted by molar-refractivity contribution is 7.81. The van der Waals surface area contributed by atoms with Crippen molar-refractivity contribution in [1.82, 2.24) is 0 Å². The summed E-state index contributed by atoms with van der Waals surface area (Å²) in [5.74, 6) is 0.367. The summed E-state index contributed by atoms with van der Waals surface area (Å²) < 4.78 is 0. The molecular weight excluding hydrogens is 204 g/mol. The van der Waals surface area contributed by atoms with Crippen molar-refractivity contribution in [2.45, 2.75) is 33.1 Å². The number of hydrogen-bond acceptors (Lipinski definition) is 2. The second-order valence-corrected chi connectivity index (χ2v) is 5.18. The summed E-state index contributed by atoms with van der Waals surface area (Å²) >= 11 is 4.01. The molecule has 1 nitrogen and oxygen atoms in total. The van der Waals surface area contributed by atoms with E-state index >= 15 is 0 Å². The maximum atomic E-state index is 11.5. The Hall–Kier alpha value is -0.760. The van der Waals surface area contributed by atoms with Crippen LogP contribution in [-0.2, 0) is 5.41 Å². The Bertz CT molecular complexity index is 375. The molecule has 0 aliphatic rings. The van der Waals surface area contributed by atoms with Gasteiger partial charge < -0.3 is 0 Å². The van der Waals surface area contributed by atoms with Crippen molar-refractivity contribution in [3.05, 3.63) is 34.9 Å². The lowest BCUT2D eigenvalue weighted by Crippen LogP contribution is -2.12. The van der Waals surface area contributed by atoms with Gasteiger partial charge in [-0.3, -0.25) is 4.79 Å². The van der Waals surface area contributed by atoms with Crippen molar-refractivity contribution in [3.8, 4) is 0 Å². The number of rotatable bonds is 2. The van der Waals surface area contributed by atoms with Gasteiger partial charge in [-0.1, -0.05) is 39.0 Å². The molecule has 1 aromatic carbocycles. The quantitative estimate of drug-likeness (QED) is 0.599. The zero-order valence-corrected chi connectivity index (χ0v) is 10.7. The number of carbonyl (C=O) groups is 1. The predicted molar refractivity (Wildman–Crippen MR) is 68.1 cm³/mol. The third-order valence-electron chi connectivity index (χ3n) is 2.54. The van der Waals surface area contributed by atoms with Crippen LogP contribution in [0.4, 0.5) is 0 Å². The van der Waals surface area contributed by atoms with E-state index in [4.69, 9.17) is 0 Å². The number of ketones is 1. The van der Waals surface area contributed by atoms with Gasteiger partial charge in [-0.2, -0.15) is 12.6 Å². The van der Waals surface area contributed by atoms with Crippen molar-refractivity contribution < 1.29 is 4.79 Å². The van der Waals surface area contributed by atoms with Gasteiger partial charge in [-0.25, -0.2) is 0 Å². The number of carbonyl (C=O) groups excluding carboxylic acids is 1. The van der Waals surface area contributed by atoms with E-state index in [1.54, 1.807) is 0 Å². The van der Waals surface area contributed by atoms with Crippen LogP contribution in [0, 0.1) is 6.92 Å². The highest BCUT2D eigenvalue weighted by Crippen LogP contribution is 2.24. The molecule has 0 bridgehead atoms. The fraction of sp³-hybridized carbons (Fsp3) is 0.462. The molecule has 0 aromatic heterocycles. The zero-order valence-electron chi connectivity index (χ0n) is 9.79. The summed E-state index contributed by atoms with van der Waals surface area (Å²) in [7, 11) is 0. The first-order valence-corrected chi connectivity index (χ1v) is 5.74. The smallest absolute Gasteiger partial charge is 0.172 e. The highest BCUT2D eigenvalue weighted by Gasteiger charge is 2.15. The summed E-state index contributed by atoms with van der Waals surface area (Å²) in [6.07, 6.45) is 0. The zero-order chi connectivity index (χ0) is 11.6. The molecule has 0 atom stereocenters. The third kappa shape index (κ3) is 2.85. The van der Waals surface area contributed by atoms with Crippen LogP contribution in [0.2, 0.25) is 0 Å². The Balaban J connectivity index is 3.15. The Morgan fingerprint density at radius 3 is 2.33 bits per heavy atom. The Labute approximate surface area is 97.3 Å². The Morgan fingerprint density at radius 1 is 1.33 bits per heavy atom. The van der Waals surface area contributed by atoms with Gasteiger partial charge in [0.1, 0.15) is 0 Å². The molecule has 0 unspecified atom stereocenters. The van der Waals surface area contributed by atoms with Crippen molar-refractivity contribution in [3.63, 3.8) is 0 Å². The predicted octanol–water partition coefficient (Wildman–Crippen LogP) is 3.41. The maximum Gasteiger partial charge on any atom is 0.172 e. The molecule has 82 valence electrons. The van der Waals surface area contributed by atoms with Gasteiger partial charge in [0, 0.05) is 5.56 Å². The summed E-state index contributed by atoms with van der Waals surface area (Å²) in [6.45, 7) is 8.48. The molecule has 0 N–H and O–H groups in total. The lowest BCUT2D eigenvalue weighted by Gasteiger charge is -2.20. The topological polar surface area (TPSA) is 17.1 Å². The van der Waals surface area contributed by atoms with Crippen LogP contribution in [0.15, 0.2) is 18.2 Å². The van der Waals surface area contributed by atoms with E-state index in [2.05, 4.69) is 39.5 Å². The van der Waals surface area contributed by atoms with E-state index < -0.39 is 0 Å². The third-order valence-corrected chi connectivity index (χ3v) is 2.82. The molecule has 0 saturated heterocycles. The van der Waals surface area contributed by atoms with Crippen molar-refractivity contribution in [1.29, 1.82) is 0 Å². The lowest BCUT2D eigenvalue weighted by atomic mass is 9.85. The first-order valence-electron chi connectivity index (χ1n) is 5.11. The number of thiol groups is 1. The minimum Gasteiger partial charge on any atom is -0.293 e. The Morgan fingerprint density at radius 2 is 1.93 bits per heavy atom. The normalized spacial score (nSPS) is 11.5. The summed E-state index contributed by atoms with van der Waals surface area (Å²) in [4.78, 5) is 11.5.